The maximum absolute atomic E-state index is 5.96. The summed E-state index contributed by atoms with van der Waals surface area (Å²) in [5.41, 5.74) is 2.84. The molecule has 102 valence electrons. The van der Waals surface area contributed by atoms with Gasteiger partial charge in [-0.1, -0.05) is 39.7 Å². The number of aromatic nitrogens is 3. The van der Waals surface area contributed by atoms with E-state index in [-0.39, 0.29) is 6.04 Å². The molecule has 0 aliphatic heterocycles. The summed E-state index contributed by atoms with van der Waals surface area (Å²) in [6, 6.07) is 10.1. The lowest BCUT2D eigenvalue weighted by molar-refractivity contribution is 0.644. The van der Waals surface area contributed by atoms with Crippen LogP contribution in [0.15, 0.2) is 41.0 Å². The van der Waals surface area contributed by atoms with E-state index in [4.69, 9.17) is 23.8 Å². The Morgan fingerprint density at radius 1 is 1.35 bits per heavy atom. The van der Waals surface area contributed by atoms with Gasteiger partial charge in [0.2, 0.25) is 0 Å². The topological polar surface area (TPSA) is 33.6 Å². The third-order valence-corrected chi connectivity index (χ3v) is 4.30. The molecule has 1 unspecified atom stereocenters. The van der Waals surface area contributed by atoms with Crippen LogP contribution in [0.5, 0.6) is 0 Å². The summed E-state index contributed by atoms with van der Waals surface area (Å²) >= 11 is 14.8. The second kappa shape index (κ2) is 5.31. The molecule has 0 aliphatic carbocycles. The highest BCUT2D eigenvalue weighted by atomic mass is 79.9. The molecule has 2 aromatic heterocycles. The van der Waals surface area contributed by atoms with Crippen molar-refractivity contribution in [1.29, 1.82) is 0 Å². The van der Waals surface area contributed by atoms with Crippen molar-refractivity contribution in [1.82, 2.24) is 14.5 Å². The van der Waals surface area contributed by atoms with Gasteiger partial charge in [-0.05, 0) is 42.9 Å². The van der Waals surface area contributed by atoms with Gasteiger partial charge in [-0.2, -0.15) is 0 Å². The number of nitrogens with one attached hydrogen (secondary N) is 1. The SMILES string of the molecule is CC(c1ccc(Br)cc1)n1c(=S)[nH]c2cc(Cl)cnc21. The van der Waals surface area contributed by atoms with Crippen molar-refractivity contribution in [2.75, 3.05) is 0 Å². The molecule has 3 rings (SSSR count). The van der Waals surface area contributed by atoms with E-state index in [1.54, 1.807) is 6.20 Å². The smallest absolute Gasteiger partial charge is 0.179 e. The van der Waals surface area contributed by atoms with Crippen molar-refractivity contribution in [2.24, 2.45) is 0 Å². The van der Waals surface area contributed by atoms with E-state index in [2.05, 4.69) is 45.0 Å². The first kappa shape index (κ1) is 13.8. The van der Waals surface area contributed by atoms with Gasteiger partial charge in [0.15, 0.2) is 10.4 Å². The number of hydrogen-bond acceptors (Lipinski definition) is 2. The molecule has 0 bridgehead atoms. The monoisotopic (exact) mass is 367 g/mol. The van der Waals surface area contributed by atoms with E-state index >= 15 is 0 Å². The molecule has 1 aromatic carbocycles. The third-order valence-electron chi connectivity index (χ3n) is 3.26. The van der Waals surface area contributed by atoms with E-state index < -0.39 is 0 Å². The van der Waals surface area contributed by atoms with Crippen molar-refractivity contribution in [2.45, 2.75) is 13.0 Å². The predicted octanol–water partition coefficient (Wildman–Crippen LogP) is 5.12. The number of nitrogens with zero attached hydrogens (tertiary/aromatic N) is 2. The Labute approximate surface area is 134 Å². The molecule has 3 nitrogen and oxygen atoms in total. The first-order valence-corrected chi connectivity index (χ1v) is 7.65. The zero-order valence-electron chi connectivity index (χ0n) is 10.6. The molecular formula is C14H11BrClN3S. The van der Waals surface area contributed by atoms with Crippen molar-refractivity contribution in [3.8, 4) is 0 Å². The number of pyridine rings is 1. The normalized spacial score (nSPS) is 12.8. The molecular weight excluding hydrogens is 358 g/mol. The Morgan fingerprint density at radius 3 is 2.75 bits per heavy atom. The first-order chi connectivity index (χ1) is 9.56. The van der Waals surface area contributed by atoms with Crippen LogP contribution in [0.2, 0.25) is 5.02 Å². The van der Waals surface area contributed by atoms with Crippen LogP contribution in [0.25, 0.3) is 11.2 Å². The highest BCUT2D eigenvalue weighted by molar-refractivity contribution is 9.10. The molecule has 0 fully saturated rings. The minimum atomic E-state index is 0.0954. The highest BCUT2D eigenvalue weighted by Gasteiger charge is 2.14. The molecule has 0 saturated carbocycles. The zero-order valence-corrected chi connectivity index (χ0v) is 13.8. The lowest BCUT2D eigenvalue weighted by Crippen LogP contribution is -2.07. The van der Waals surface area contributed by atoms with Crippen molar-refractivity contribution >= 4 is 50.9 Å². The van der Waals surface area contributed by atoms with Gasteiger partial charge in [0, 0.05) is 10.7 Å². The van der Waals surface area contributed by atoms with Gasteiger partial charge in [0.25, 0.3) is 0 Å². The van der Waals surface area contributed by atoms with Crippen molar-refractivity contribution in [3.05, 3.63) is 56.4 Å². The van der Waals surface area contributed by atoms with Crippen LogP contribution in [0, 0.1) is 4.77 Å². The average Bonchev–Trinajstić information content (AvgIpc) is 2.73. The summed E-state index contributed by atoms with van der Waals surface area (Å²) in [7, 11) is 0. The van der Waals surface area contributed by atoms with Crippen LogP contribution in [-0.2, 0) is 0 Å². The molecule has 1 atom stereocenters. The van der Waals surface area contributed by atoms with Gasteiger partial charge < -0.3 is 4.98 Å². The maximum Gasteiger partial charge on any atom is 0.179 e. The number of imidazole rings is 1. The number of H-pyrrole nitrogens is 1. The maximum atomic E-state index is 5.96. The van der Waals surface area contributed by atoms with Gasteiger partial charge >= 0.3 is 0 Å². The van der Waals surface area contributed by atoms with E-state index in [1.807, 2.05) is 22.8 Å². The summed E-state index contributed by atoms with van der Waals surface area (Å²) < 4.78 is 3.70. The lowest BCUT2D eigenvalue weighted by atomic mass is 10.1. The fourth-order valence-corrected chi connectivity index (χ4v) is 3.01. The van der Waals surface area contributed by atoms with Crippen LogP contribution in [0.4, 0.5) is 0 Å². The minimum absolute atomic E-state index is 0.0954. The molecule has 3 aromatic rings. The largest absolute Gasteiger partial charge is 0.329 e. The van der Waals surface area contributed by atoms with Crippen molar-refractivity contribution in [3.63, 3.8) is 0 Å². The summed E-state index contributed by atoms with van der Waals surface area (Å²) in [6.45, 7) is 2.10. The van der Waals surface area contributed by atoms with Crippen LogP contribution in [0.1, 0.15) is 18.5 Å². The second-order valence-electron chi connectivity index (χ2n) is 4.55. The van der Waals surface area contributed by atoms with Crippen LogP contribution >= 0.6 is 39.7 Å². The molecule has 0 radical (unpaired) electrons. The van der Waals surface area contributed by atoms with Crippen LogP contribution in [-0.4, -0.2) is 14.5 Å². The standard InChI is InChI=1S/C14H11BrClN3S/c1-8(9-2-4-10(15)5-3-9)19-13-12(18-14(19)20)6-11(16)7-17-13/h2-8H,1H3,(H,18,20). The number of hydrogen-bond donors (Lipinski definition) is 1. The fourth-order valence-electron chi connectivity index (χ4n) is 2.24. The molecule has 0 amide bonds. The summed E-state index contributed by atoms with van der Waals surface area (Å²) in [6.07, 6.45) is 1.64. The molecule has 6 heteroatoms. The predicted molar refractivity (Wildman–Crippen MR) is 87.9 cm³/mol. The Hall–Kier alpha value is -1.17. The van der Waals surface area contributed by atoms with Crippen LogP contribution in [0.3, 0.4) is 0 Å². The summed E-state index contributed by atoms with van der Waals surface area (Å²) in [5, 5.41) is 0.595. The second-order valence-corrected chi connectivity index (χ2v) is 6.29. The van der Waals surface area contributed by atoms with Gasteiger partial charge in [-0.3, -0.25) is 4.57 Å². The third kappa shape index (κ3) is 2.41. The fraction of sp³-hybridized carbons (Fsp3) is 0.143. The number of aromatic amines is 1. The Kier molecular flexibility index (Phi) is 3.67. The number of fused-ring (bicyclic) bond motifs is 1. The first-order valence-electron chi connectivity index (χ1n) is 6.07. The summed E-state index contributed by atoms with van der Waals surface area (Å²) in [5.74, 6) is 0. The lowest BCUT2D eigenvalue weighted by Gasteiger charge is -2.14. The summed E-state index contributed by atoms with van der Waals surface area (Å²) in [4.78, 5) is 7.54. The molecule has 2 heterocycles. The highest BCUT2D eigenvalue weighted by Crippen LogP contribution is 2.25. The molecule has 1 N–H and O–H groups in total. The zero-order chi connectivity index (χ0) is 14.3. The van der Waals surface area contributed by atoms with Gasteiger partial charge in [0.1, 0.15) is 0 Å². The molecule has 0 saturated heterocycles. The molecule has 20 heavy (non-hydrogen) atoms. The van der Waals surface area contributed by atoms with Gasteiger partial charge in [-0.15, -0.1) is 0 Å². The van der Waals surface area contributed by atoms with E-state index in [1.165, 1.54) is 5.56 Å². The minimum Gasteiger partial charge on any atom is -0.329 e. The van der Waals surface area contributed by atoms with Crippen LogP contribution < -0.4 is 0 Å². The Balaban J connectivity index is 2.16. The van der Waals surface area contributed by atoms with E-state index in [0.717, 1.165) is 15.6 Å². The van der Waals surface area contributed by atoms with E-state index in [9.17, 15) is 0 Å². The molecule has 0 spiro atoms. The number of halogens is 2. The Morgan fingerprint density at radius 2 is 2.05 bits per heavy atom. The van der Waals surface area contributed by atoms with Gasteiger partial charge in [-0.25, -0.2) is 4.98 Å². The van der Waals surface area contributed by atoms with Crippen molar-refractivity contribution < 1.29 is 0 Å². The average molecular weight is 369 g/mol. The Bertz CT molecular complexity index is 823. The number of benzene rings is 1. The van der Waals surface area contributed by atoms with Gasteiger partial charge in [0.05, 0.1) is 16.6 Å². The molecule has 0 aliphatic rings. The quantitative estimate of drug-likeness (QED) is 0.637. The number of rotatable bonds is 2. The van der Waals surface area contributed by atoms with E-state index in [0.29, 0.717) is 9.79 Å².